The molecule has 0 unspecified atom stereocenters. The largest absolute Gasteiger partial charge is 0.493 e. The maximum absolute atomic E-state index is 12.0. The minimum atomic E-state index is -0.404. The molecule has 1 amide bonds. The highest BCUT2D eigenvalue weighted by atomic mass is 16.5. The highest BCUT2D eigenvalue weighted by molar-refractivity contribution is 5.77. The number of carbonyl (C=O) groups excluding carboxylic acids is 1. The van der Waals surface area contributed by atoms with Crippen LogP contribution in [0.5, 0.6) is 5.75 Å². The quantitative estimate of drug-likeness (QED) is 0.847. The third-order valence-corrected chi connectivity index (χ3v) is 4.14. The van der Waals surface area contributed by atoms with Gasteiger partial charge in [0.2, 0.25) is 5.91 Å². The first-order chi connectivity index (χ1) is 10.1. The maximum atomic E-state index is 12.0. The van der Waals surface area contributed by atoms with Crippen molar-refractivity contribution in [3.63, 3.8) is 0 Å². The number of nitrogens with one attached hydrogen (secondary N) is 1. The standard InChI is InChI=1S/C17H25NO3/c1-14-5-7-15(8-6-14)21-12-9-16(20)18-17(13-19)10-3-2-4-11-17/h5-8,19H,2-4,9-13H2,1H3,(H,18,20). The van der Waals surface area contributed by atoms with Gasteiger partial charge in [0.15, 0.2) is 0 Å². The number of hydrogen-bond acceptors (Lipinski definition) is 3. The number of hydrogen-bond donors (Lipinski definition) is 2. The lowest BCUT2D eigenvalue weighted by Gasteiger charge is -2.36. The van der Waals surface area contributed by atoms with Crippen LogP contribution in [0, 0.1) is 6.92 Å². The van der Waals surface area contributed by atoms with Gasteiger partial charge in [0.25, 0.3) is 0 Å². The lowest BCUT2D eigenvalue weighted by Crippen LogP contribution is -2.52. The third kappa shape index (κ3) is 4.74. The molecular weight excluding hydrogens is 266 g/mol. The molecule has 1 fully saturated rings. The van der Waals surface area contributed by atoms with Crippen molar-refractivity contribution < 1.29 is 14.6 Å². The number of aliphatic hydroxyl groups is 1. The Hall–Kier alpha value is -1.55. The number of carbonyl (C=O) groups is 1. The van der Waals surface area contributed by atoms with Gasteiger partial charge in [-0.1, -0.05) is 37.0 Å². The zero-order valence-corrected chi connectivity index (χ0v) is 12.7. The summed E-state index contributed by atoms with van der Waals surface area (Å²) in [5, 5.41) is 12.6. The number of aryl methyl sites for hydroxylation is 1. The summed E-state index contributed by atoms with van der Waals surface area (Å²) in [4.78, 5) is 12.0. The van der Waals surface area contributed by atoms with Crippen molar-refractivity contribution in [3.8, 4) is 5.75 Å². The summed E-state index contributed by atoms with van der Waals surface area (Å²) in [5.74, 6) is 0.737. The van der Waals surface area contributed by atoms with E-state index >= 15 is 0 Å². The van der Waals surface area contributed by atoms with Gasteiger partial charge in [0, 0.05) is 0 Å². The van der Waals surface area contributed by atoms with Crippen LogP contribution in [0.3, 0.4) is 0 Å². The molecule has 0 aliphatic heterocycles. The summed E-state index contributed by atoms with van der Waals surface area (Å²) in [7, 11) is 0. The fourth-order valence-electron chi connectivity index (χ4n) is 2.81. The maximum Gasteiger partial charge on any atom is 0.223 e. The SMILES string of the molecule is Cc1ccc(OCCC(=O)NC2(CO)CCCCC2)cc1. The first kappa shape index (κ1) is 15.8. The Balaban J connectivity index is 1.75. The monoisotopic (exact) mass is 291 g/mol. The van der Waals surface area contributed by atoms with Crippen molar-refractivity contribution in [2.75, 3.05) is 13.2 Å². The molecule has 0 heterocycles. The lowest BCUT2D eigenvalue weighted by molar-refractivity contribution is -0.124. The normalized spacial score (nSPS) is 17.2. The Bertz CT molecular complexity index is 450. The van der Waals surface area contributed by atoms with Crippen LogP contribution >= 0.6 is 0 Å². The fourth-order valence-corrected chi connectivity index (χ4v) is 2.81. The van der Waals surface area contributed by atoms with E-state index in [4.69, 9.17) is 4.74 Å². The number of rotatable bonds is 6. The second-order valence-corrected chi connectivity index (χ2v) is 5.96. The molecule has 0 radical (unpaired) electrons. The lowest BCUT2D eigenvalue weighted by atomic mass is 9.82. The molecule has 1 aliphatic carbocycles. The third-order valence-electron chi connectivity index (χ3n) is 4.14. The van der Waals surface area contributed by atoms with Crippen LogP contribution in [0.2, 0.25) is 0 Å². The second-order valence-electron chi connectivity index (χ2n) is 5.96. The molecule has 116 valence electrons. The van der Waals surface area contributed by atoms with Crippen molar-refractivity contribution in [3.05, 3.63) is 29.8 Å². The van der Waals surface area contributed by atoms with Crippen LogP contribution in [0.4, 0.5) is 0 Å². The van der Waals surface area contributed by atoms with Gasteiger partial charge in [-0.2, -0.15) is 0 Å². The first-order valence-electron chi connectivity index (χ1n) is 7.75. The Morgan fingerprint density at radius 1 is 1.24 bits per heavy atom. The molecule has 21 heavy (non-hydrogen) atoms. The fraction of sp³-hybridized carbons (Fsp3) is 0.588. The summed E-state index contributed by atoms with van der Waals surface area (Å²) >= 11 is 0. The van der Waals surface area contributed by atoms with Gasteiger partial charge in [0.1, 0.15) is 5.75 Å². The zero-order chi connectivity index (χ0) is 15.1. The molecule has 0 spiro atoms. The van der Waals surface area contributed by atoms with Crippen LogP contribution in [-0.4, -0.2) is 29.8 Å². The highest BCUT2D eigenvalue weighted by Gasteiger charge is 2.32. The van der Waals surface area contributed by atoms with Crippen LogP contribution in [0.15, 0.2) is 24.3 Å². The second kappa shape index (κ2) is 7.46. The zero-order valence-electron chi connectivity index (χ0n) is 12.7. The van der Waals surface area contributed by atoms with Gasteiger partial charge >= 0.3 is 0 Å². The summed E-state index contributed by atoms with van der Waals surface area (Å²) in [5.41, 5.74) is 0.779. The minimum Gasteiger partial charge on any atom is -0.493 e. The van der Waals surface area contributed by atoms with Gasteiger partial charge in [-0.25, -0.2) is 0 Å². The average molecular weight is 291 g/mol. The molecule has 2 N–H and O–H groups in total. The van der Waals surface area contributed by atoms with E-state index < -0.39 is 5.54 Å². The van der Waals surface area contributed by atoms with Gasteiger partial charge in [-0.05, 0) is 31.9 Å². The predicted molar refractivity (Wildman–Crippen MR) is 82.3 cm³/mol. The molecule has 0 saturated heterocycles. The van der Waals surface area contributed by atoms with E-state index in [0.717, 1.165) is 31.4 Å². The van der Waals surface area contributed by atoms with Crippen molar-refractivity contribution in [1.29, 1.82) is 0 Å². The van der Waals surface area contributed by atoms with Gasteiger partial charge < -0.3 is 15.2 Å². The average Bonchev–Trinajstić information content (AvgIpc) is 2.50. The highest BCUT2D eigenvalue weighted by Crippen LogP contribution is 2.27. The number of benzene rings is 1. The van der Waals surface area contributed by atoms with E-state index in [-0.39, 0.29) is 12.5 Å². The molecule has 1 aromatic rings. The van der Waals surface area contributed by atoms with Crippen molar-refractivity contribution >= 4 is 5.91 Å². The molecule has 1 aromatic carbocycles. The molecule has 0 aromatic heterocycles. The summed E-state index contributed by atoms with van der Waals surface area (Å²) in [6.45, 7) is 2.41. The number of aliphatic hydroxyl groups excluding tert-OH is 1. The van der Waals surface area contributed by atoms with E-state index in [1.54, 1.807) is 0 Å². The van der Waals surface area contributed by atoms with Crippen LogP contribution in [0.1, 0.15) is 44.1 Å². The van der Waals surface area contributed by atoms with Crippen LogP contribution in [-0.2, 0) is 4.79 Å². The Kier molecular flexibility index (Phi) is 5.62. The topological polar surface area (TPSA) is 58.6 Å². The van der Waals surface area contributed by atoms with Gasteiger partial charge in [-0.15, -0.1) is 0 Å². The molecule has 4 heteroatoms. The molecule has 1 aliphatic rings. The Morgan fingerprint density at radius 2 is 1.90 bits per heavy atom. The molecule has 1 saturated carbocycles. The Morgan fingerprint density at radius 3 is 2.52 bits per heavy atom. The minimum absolute atomic E-state index is 0.0254. The van der Waals surface area contributed by atoms with Gasteiger partial charge in [-0.3, -0.25) is 4.79 Å². The molecule has 0 atom stereocenters. The molecule has 4 nitrogen and oxygen atoms in total. The van der Waals surface area contributed by atoms with E-state index in [1.807, 2.05) is 31.2 Å². The number of amides is 1. The van der Waals surface area contributed by atoms with E-state index in [9.17, 15) is 9.90 Å². The number of ether oxygens (including phenoxy) is 1. The summed E-state index contributed by atoms with van der Waals surface area (Å²) in [6, 6.07) is 7.78. The smallest absolute Gasteiger partial charge is 0.223 e. The summed E-state index contributed by atoms with van der Waals surface area (Å²) in [6.07, 6.45) is 5.38. The van der Waals surface area contributed by atoms with Crippen molar-refractivity contribution in [1.82, 2.24) is 5.32 Å². The van der Waals surface area contributed by atoms with Crippen molar-refractivity contribution in [2.45, 2.75) is 51.0 Å². The summed E-state index contributed by atoms with van der Waals surface area (Å²) < 4.78 is 5.56. The Labute approximate surface area is 126 Å². The van der Waals surface area contributed by atoms with E-state index in [2.05, 4.69) is 5.32 Å². The molecular formula is C17H25NO3. The predicted octanol–water partition coefficient (Wildman–Crippen LogP) is 2.58. The van der Waals surface area contributed by atoms with Crippen molar-refractivity contribution in [2.24, 2.45) is 0 Å². The van der Waals surface area contributed by atoms with Crippen LogP contribution < -0.4 is 10.1 Å². The van der Waals surface area contributed by atoms with E-state index in [0.29, 0.717) is 13.0 Å². The van der Waals surface area contributed by atoms with E-state index in [1.165, 1.54) is 12.0 Å². The molecule has 0 bridgehead atoms. The van der Waals surface area contributed by atoms with Crippen LogP contribution in [0.25, 0.3) is 0 Å². The first-order valence-corrected chi connectivity index (χ1v) is 7.75. The van der Waals surface area contributed by atoms with Gasteiger partial charge in [0.05, 0.1) is 25.2 Å². The molecule has 2 rings (SSSR count).